The van der Waals surface area contributed by atoms with E-state index in [-0.39, 0.29) is 5.75 Å². The van der Waals surface area contributed by atoms with Crippen LogP contribution < -0.4 is 10.5 Å². The summed E-state index contributed by atoms with van der Waals surface area (Å²) in [5.41, 5.74) is 4.91. The standard InChI is InChI=1S/C11H11BrFNO4/c1-6(11(14)16)18-10(15)5-17-9-3-2-7(12)4-8(9)13/h2-4,6H,5H2,1H3,(H2,14,16). The molecule has 0 aliphatic heterocycles. The number of carbonyl (C=O) groups is 2. The van der Waals surface area contributed by atoms with Crippen molar-refractivity contribution in [3.05, 3.63) is 28.5 Å². The Balaban J connectivity index is 2.50. The molecule has 5 nitrogen and oxygen atoms in total. The summed E-state index contributed by atoms with van der Waals surface area (Å²) in [6.45, 7) is 0.830. The fraction of sp³-hybridized carbons (Fsp3) is 0.273. The average molecular weight is 320 g/mol. The van der Waals surface area contributed by atoms with Gasteiger partial charge in [0, 0.05) is 4.47 Å². The molecule has 7 heteroatoms. The largest absolute Gasteiger partial charge is 0.479 e. The van der Waals surface area contributed by atoms with Crippen molar-refractivity contribution in [2.75, 3.05) is 6.61 Å². The van der Waals surface area contributed by atoms with Crippen LogP contribution in [0.3, 0.4) is 0 Å². The van der Waals surface area contributed by atoms with Crippen LogP contribution in [-0.2, 0) is 14.3 Å². The topological polar surface area (TPSA) is 78.6 Å². The molecule has 0 fully saturated rings. The van der Waals surface area contributed by atoms with Crippen LogP contribution in [0.4, 0.5) is 4.39 Å². The van der Waals surface area contributed by atoms with Crippen molar-refractivity contribution in [3.63, 3.8) is 0 Å². The summed E-state index contributed by atoms with van der Waals surface area (Å²) in [6.07, 6.45) is -1.05. The van der Waals surface area contributed by atoms with E-state index in [1.165, 1.54) is 19.1 Å². The number of hydrogen-bond donors (Lipinski definition) is 1. The highest BCUT2D eigenvalue weighted by Crippen LogP contribution is 2.21. The fourth-order valence-corrected chi connectivity index (χ4v) is 1.35. The molecule has 98 valence electrons. The number of benzene rings is 1. The van der Waals surface area contributed by atoms with Crippen LogP contribution in [0.1, 0.15) is 6.92 Å². The first-order chi connectivity index (χ1) is 8.40. The average Bonchev–Trinajstić information content (AvgIpc) is 2.27. The molecule has 0 saturated heterocycles. The minimum atomic E-state index is -1.05. The smallest absolute Gasteiger partial charge is 0.344 e. The summed E-state index contributed by atoms with van der Waals surface area (Å²) in [4.78, 5) is 21.9. The van der Waals surface area contributed by atoms with E-state index in [1.807, 2.05) is 0 Å². The summed E-state index contributed by atoms with van der Waals surface area (Å²) in [7, 11) is 0. The molecule has 0 spiro atoms. The molecule has 0 radical (unpaired) electrons. The maximum absolute atomic E-state index is 13.3. The van der Waals surface area contributed by atoms with E-state index in [0.717, 1.165) is 0 Å². The number of halogens is 2. The van der Waals surface area contributed by atoms with Crippen LogP contribution >= 0.6 is 15.9 Å². The van der Waals surface area contributed by atoms with Crippen LogP contribution in [-0.4, -0.2) is 24.6 Å². The number of amides is 1. The molecule has 1 aromatic rings. The molecule has 0 aromatic heterocycles. The molecule has 1 aromatic carbocycles. The van der Waals surface area contributed by atoms with E-state index in [0.29, 0.717) is 4.47 Å². The van der Waals surface area contributed by atoms with E-state index >= 15 is 0 Å². The van der Waals surface area contributed by atoms with Gasteiger partial charge in [0.05, 0.1) is 0 Å². The fourth-order valence-electron chi connectivity index (χ4n) is 1.02. The van der Waals surface area contributed by atoms with Gasteiger partial charge in [0.25, 0.3) is 5.91 Å². The second-order valence-electron chi connectivity index (χ2n) is 3.40. The number of primary amides is 1. The predicted octanol–water partition coefficient (Wildman–Crippen LogP) is 1.38. The van der Waals surface area contributed by atoms with Crippen LogP contribution in [0.15, 0.2) is 22.7 Å². The molecule has 1 unspecified atom stereocenters. The third kappa shape index (κ3) is 4.33. The Kier molecular flexibility index (Phi) is 5.08. The first-order valence-electron chi connectivity index (χ1n) is 4.97. The van der Waals surface area contributed by atoms with Gasteiger partial charge < -0.3 is 15.2 Å². The molecule has 0 heterocycles. The van der Waals surface area contributed by atoms with Crippen molar-refractivity contribution in [1.82, 2.24) is 0 Å². The van der Waals surface area contributed by atoms with Gasteiger partial charge in [-0.25, -0.2) is 9.18 Å². The maximum atomic E-state index is 13.3. The minimum Gasteiger partial charge on any atom is -0.479 e. The van der Waals surface area contributed by atoms with E-state index in [4.69, 9.17) is 10.5 Å². The van der Waals surface area contributed by atoms with E-state index in [9.17, 15) is 14.0 Å². The summed E-state index contributed by atoms with van der Waals surface area (Å²) in [6, 6.07) is 4.13. The Labute approximate surface area is 111 Å². The molecule has 2 N–H and O–H groups in total. The molecule has 1 amide bonds. The van der Waals surface area contributed by atoms with Gasteiger partial charge >= 0.3 is 5.97 Å². The zero-order valence-corrected chi connectivity index (χ0v) is 11.1. The molecule has 0 saturated carbocycles. The highest BCUT2D eigenvalue weighted by Gasteiger charge is 2.15. The Morgan fingerprint density at radius 3 is 2.72 bits per heavy atom. The monoisotopic (exact) mass is 319 g/mol. The lowest BCUT2D eigenvalue weighted by Gasteiger charge is -2.10. The van der Waals surface area contributed by atoms with Crippen LogP contribution in [0.2, 0.25) is 0 Å². The van der Waals surface area contributed by atoms with Gasteiger partial charge in [0.15, 0.2) is 24.3 Å². The van der Waals surface area contributed by atoms with Crippen molar-refractivity contribution in [2.45, 2.75) is 13.0 Å². The predicted molar refractivity (Wildman–Crippen MR) is 64.3 cm³/mol. The number of nitrogens with two attached hydrogens (primary N) is 1. The number of ether oxygens (including phenoxy) is 2. The van der Waals surface area contributed by atoms with E-state index in [1.54, 1.807) is 6.07 Å². The number of esters is 1. The lowest BCUT2D eigenvalue weighted by atomic mass is 10.3. The van der Waals surface area contributed by atoms with Crippen molar-refractivity contribution < 1.29 is 23.5 Å². The zero-order chi connectivity index (χ0) is 13.7. The summed E-state index contributed by atoms with van der Waals surface area (Å²) >= 11 is 3.09. The van der Waals surface area contributed by atoms with Crippen molar-refractivity contribution in [3.8, 4) is 5.75 Å². The molecular formula is C11H11BrFNO4. The highest BCUT2D eigenvalue weighted by atomic mass is 79.9. The maximum Gasteiger partial charge on any atom is 0.344 e. The lowest BCUT2D eigenvalue weighted by molar-refractivity contribution is -0.155. The first kappa shape index (κ1) is 14.4. The van der Waals surface area contributed by atoms with E-state index in [2.05, 4.69) is 20.7 Å². The molecule has 0 aliphatic carbocycles. The molecule has 0 bridgehead atoms. The summed E-state index contributed by atoms with van der Waals surface area (Å²) in [5.74, 6) is -2.26. The first-order valence-corrected chi connectivity index (χ1v) is 5.76. The molecular weight excluding hydrogens is 309 g/mol. The van der Waals surface area contributed by atoms with Gasteiger partial charge in [-0.15, -0.1) is 0 Å². The third-order valence-corrected chi connectivity index (χ3v) is 2.44. The number of rotatable bonds is 5. The molecule has 1 atom stereocenters. The number of carbonyl (C=O) groups excluding carboxylic acids is 2. The van der Waals surface area contributed by atoms with Gasteiger partial charge in [-0.2, -0.15) is 0 Å². The SMILES string of the molecule is CC(OC(=O)COc1ccc(Br)cc1F)C(N)=O. The van der Waals surface area contributed by atoms with Crippen molar-refractivity contribution >= 4 is 27.8 Å². The van der Waals surface area contributed by atoms with Gasteiger partial charge in [0.1, 0.15) is 0 Å². The number of hydrogen-bond acceptors (Lipinski definition) is 4. The van der Waals surface area contributed by atoms with Gasteiger partial charge in [0.2, 0.25) is 0 Å². The molecule has 1 rings (SSSR count). The van der Waals surface area contributed by atoms with Crippen molar-refractivity contribution in [1.29, 1.82) is 0 Å². The zero-order valence-electron chi connectivity index (χ0n) is 9.48. The molecule has 0 aliphatic rings. The minimum absolute atomic E-state index is 0.0816. The lowest BCUT2D eigenvalue weighted by Crippen LogP contribution is -2.32. The normalized spacial score (nSPS) is 11.7. The summed E-state index contributed by atoms with van der Waals surface area (Å²) < 4.78 is 23.4. The molecule has 18 heavy (non-hydrogen) atoms. The second-order valence-corrected chi connectivity index (χ2v) is 4.31. The van der Waals surface area contributed by atoms with Gasteiger partial charge in [-0.3, -0.25) is 4.79 Å². The van der Waals surface area contributed by atoms with Crippen LogP contribution in [0.5, 0.6) is 5.75 Å². The Morgan fingerprint density at radius 2 is 2.17 bits per heavy atom. The van der Waals surface area contributed by atoms with Crippen LogP contribution in [0, 0.1) is 5.82 Å². The van der Waals surface area contributed by atoms with Crippen LogP contribution in [0.25, 0.3) is 0 Å². The van der Waals surface area contributed by atoms with Gasteiger partial charge in [-0.05, 0) is 25.1 Å². The summed E-state index contributed by atoms with van der Waals surface area (Å²) in [5, 5.41) is 0. The van der Waals surface area contributed by atoms with Crippen molar-refractivity contribution in [2.24, 2.45) is 5.73 Å². The Morgan fingerprint density at radius 1 is 1.50 bits per heavy atom. The third-order valence-electron chi connectivity index (χ3n) is 1.95. The highest BCUT2D eigenvalue weighted by molar-refractivity contribution is 9.10. The Hall–Kier alpha value is -1.63. The van der Waals surface area contributed by atoms with Gasteiger partial charge in [-0.1, -0.05) is 15.9 Å². The quantitative estimate of drug-likeness (QED) is 0.832. The second kappa shape index (κ2) is 6.34. The van der Waals surface area contributed by atoms with E-state index < -0.39 is 30.4 Å². The Bertz CT molecular complexity index is 466.